The minimum Gasteiger partial charge on any atom is -0.479 e. The maximum Gasteiger partial charge on any atom is 0.337 e. The number of carbonyl (C=O) groups excluding carboxylic acids is 1. The summed E-state index contributed by atoms with van der Waals surface area (Å²) in [6, 6.07) is 0. The number of hydrogen-bond acceptors (Lipinski definition) is 5. The van der Waals surface area contributed by atoms with Crippen molar-refractivity contribution in [3.05, 3.63) is 0 Å². The molecule has 3 N–H and O–H groups in total. The summed E-state index contributed by atoms with van der Waals surface area (Å²) in [6.45, 7) is 2.84. The maximum absolute atomic E-state index is 11.6. The van der Waals surface area contributed by atoms with E-state index in [1.165, 1.54) is 13.8 Å². The normalized spacial score (nSPS) is 16.1. The zero-order chi connectivity index (χ0) is 14.1. The molecule has 1 atom stereocenters. The molecule has 0 heterocycles. The van der Waals surface area contributed by atoms with Crippen molar-refractivity contribution in [3.8, 4) is 0 Å². The van der Waals surface area contributed by atoms with Crippen molar-refractivity contribution in [1.82, 2.24) is 5.32 Å². The van der Waals surface area contributed by atoms with E-state index in [1.807, 2.05) is 0 Å². The fourth-order valence-corrected chi connectivity index (χ4v) is 1.12. The summed E-state index contributed by atoms with van der Waals surface area (Å²) in [5, 5.41) is 20.0. The lowest BCUT2D eigenvalue weighted by molar-refractivity contribution is -0.156. The van der Waals surface area contributed by atoms with Crippen LogP contribution in [0.5, 0.6) is 0 Å². The van der Waals surface area contributed by atoms with Gasteiger partial charge in [0.25, 0.3) is 0 Å². The molecule has 0 aromatic rings. The van der Waals surface area contributed by atoms with Gasteiger partial charge in [0.2, 0.25) is 5.91 Å². The molecule has 0 saturated carbocycles. The van der Waals surface area contributed by atoms with Crippen LogP contribution >= 0.6 is 0 Å². The number of carboxylic acids is 1. The first-order valence-corrected chi connectivity index (χ1v) is 6.65. The highest BCUT2D eigenvalue weighted by Crippen LogP contribution is 2.15. The Hall–Kier alpha value is -1.15. The number of rotatable bonds is 5. The molecule has 1 unspecified atom stereocenters. The third kappa shape index (κ3) is 3.67. The summed E-state index contributed by atoms with van der Waals surface area (Å²) in [5.41, 5.74) is -2.14. The highest BCUT2D eigenvalue weighted by Gasteiger charge is 2.40. The Morgan fingerprint density at radius 3 is 1.94 bits per heavy atom. The van der Waals surface area contributed by atoms with Crippen molar-refractivity contribution < 1.29 is 28.2 Å². The SMILES string of the molecule is CC(O)(CNC(=O)C(C)(C)S(C)(=O)=O)C(=O)O. The number of aliphatic carboxylic acids is 1. The molecule has 0 aliphatic heterocycles. The summed E-state index contributed by atoms with van der Waals surface area (Å²) in [6.07, 6.45) is 0.905. The fourth-order valence-electron chi connectivity index (χ4n) is 0.709. The molecular formula is C9H17NO6S. The second kappa shape index (κ2) is 4.61. The first-order chi connectivity index (χ1) is 7.32. The van der Waals surface area contributed by atoms with Gasteiger partial charge >= 0.3 is 5.97 Å². The molecule has 100 valence electrons. The van der Waals surface area contributed by atoms with Crippen LogP contribution in [0.15, 0.2) is 0 Å². The molecule has 8 heteroatoms. The highest BCUT2D eigenvalue weighted by molar-refractivity contribution is 7.92. The minimum absolute atomic E-state index is 0.569. The predicted molar refractivity (Wildman–Crippen MR) is 60.2 cm³/mol. The molecule has 0 aliphatic rings. The van der Waals surface area contributed by atoms with Crippen LogP contribution in [0.4, 0.5) is 0 Å². The second-order valence-electron chi connectivity index (χ2n) is 4.54. The van der Waals surface area contributed by atoms with Crippen LogP contribution in [-0.2, 0) is 19.4 Å². The molecule has 17 heavy (non-hydrogen) atoms. The Labute approximate surface area is 99.7 Å². The predicted octanol–water partition coefficient (Wildman–Crippen LogP) is -1.24. The average Bonchev–Trinajstić information content (AvgIpc) is 2.12. The van der Waals surface area contributed by atoms with Gasteiger partial charge < -0.3 is 15.5 Å². The fraction of sp³-hybridized carbons (Fsp3) is 0.778. The zero-order valence-corrected chi connectivity index (χ0v) is 11.0. The average molecular weight is 267 g/mol. The van der Waals surface area contributed by atoms with Gasteiger partial charge in [-0.3, -0.25) is 4.79 Å². The molecule has 0 spiro atoms. The Morgan fingerprint density at radius 1 is 1.24 bits per heavy atom. The topological polar surface area (TPSA) is 121 Å². The van der Waals surface area contributed by atoms with Crippen molar-refractivity contribution in [1.29, 1.82) is 0 Å². The van der Waals surface area contributed by atoms with Crippen LogP contribution in [0.3, 0.4) is 0 Å². The first kappa shape index (κ1) is 15.9. The van der Waals surface area contributed by atoms with E-state index < -0.39 is 38.6 Å². The van der Waals surface area contributed by atoms with Gasteiger partial charge in [0.1, 0.15) is 4.75 Å². The third-order valence-corrected chi connectivity index (χ3v) is 4.57. The van der Waals surface area contributed by atoms with E-state index >= 15 is 0 Å². The summed E-state index contributed by atoms with van der Waals surface area (Å²) >= 11 is 0. The van der Waals surface area contributed by atoms with E-state index in [0.29, 0.717) is 0 Å². The monoisotopic (exact) mass is 267 g/mol. The Bertz CT molecular complexity index is 423. The van der Waals surface area contributed by atoms with Gasteiger partial charge in [-0.25, -0.2) is 13.2 Å². The summed E-state index contributed by atoms with van der Waals surface area (Å²) in [4.78, 5) is 22.1. The van der Waals surface area contributed by atoms with Gasteiger partial charge in [-0.1, -0.05) is 0 Å². The lowest BCUT2D eigenvalue weighted by Gasteiger charge is -2.24. The Morgan fingerprint density at radius 2 is 1.65 bits per heavy atom. The molecule has 0 aliphatic carbocycles. The molecule has 0 radical (unpaired) electrons. The molecule has 1 amide bonds. The van der Waals surface area contributed by atoms with E-state index in [4.69, 9.17) is 5.11 Å². The van der Waals surface area contributed by atoms with Crippen molar-refractivity contribution in [2.75, 3.05) is 12.8 Å². The number of nitrogens with one attached hydrogen (secondary N) is 1. The van der Waals surface area contributed by atoms with Gasteiger partial charge in [0.15, 0.2) is 15.4 Å². The van der Waals surface area contributed by atoms with Gasteiger partial charge in [0.05, 0.1) is 6.54 Å². The number of carboxylic acid groups (broad SMARTS) is 1. The maximum atomic E-state index is 11.6. The molecule has 0 aromatic carbocycles. The third-order valence-electron chi connectivity index (χ3n) is 2.53. The quantitative estimate of drug-likeness (QED) is 0.573. The van der Waals surface area contributed by atoms with Crippen molar-refractivity contribution in [3.63, 3.8) is 0 Å². The minimum atomic E-state index is -3.63. The van der Waals surface area contributed by atoms with Gasteiger partial charge in [0, 0.05) is 6.26 Å². The van der Waals surface area contributed by atoms with E-state index in [9.17, 15) is 23.1 Å². The van der Waals surface area contributed by atoms with E-state index in [2.05, 4.69) is 5.32 Å². The summed E-state index contributed by atoms with van der Waals surface area (Å²) < 4.78 is 20.9. The van der Waals surface area contributed by atoms with Crippen LogP contribution in [0.2, 0.25) is 0 Å². The van der Waals surface area contributed by atoms with Crippen molar-refractivity contribution in [2.24, 2.45) is 0 Å². The molecular weight excluding hydrogens is 250 g/mol. The van der Waals surface area contributed by atoms with Crippen molar-refractivity contribution in [2.45, 2.75) is 31.1 Å². The van der Waals surface area contributed by atoms with Crippen LogP contribution in [0.25, 0.3) is 0 Å². The summed E-state index contributed by atoms with van der Waals surface area (Å²) in [7, 11) is -3.63. The van der Waals surface area contributed by atoms with E-state index in [1.54, 1.807) is 0 Å². The van der Waals surface area contributed by atoms with Crippen LogP contribution < -0.4 is 5.32 Å². The number of hydrogen-bond donors (Lipinski definition) is 3. The van der Waals surface area contributed by atoms with E-state index in [0.717, 1.165) is 13.2 Å². The number of aliphatic hydroxyl groups is 1. The number of carbonyl (C=O) groups is 2. The zero-order valence-electron chi connectivity index (χ0n) is 10.1. The van der Waals surface area contributed by atoms with E-state index in [-0.39, 0.29) is 0 Å². The largest absolute Gasteiger partial charge is 0.479 e. The standard InChI is InChI=1S/C9H17NO6S/c1-8(2,17(4,15)16)6(11)10-5-9(3,14)7(12)13/h14H,5H2,1-4H3,(H,10,11)(H,12,13). The van der Waals surface area contributed by atoms with Crippen LogP contribution in [-0.4, -0.2) is 53.7 Å². The molecule has 0 fully saturated rings. The van der Waals surface area contributed by atoms with Gasteiger partial charge in [-0.2, -0.15) is 0 Å². The lowest BCUT2D eigenvalue weighted by Crippen LogP contribution is -2.53. The smallest absolute Gasteiger partial charge is 0.337 e. The van der Waals surface area contributed by atoms with Gasteiger partial charge in [-0.15, -0.1) is 0 Å². The van der Waals surface area contributed by atoms with Crippen LogP contribution in [0.1, 0.15) is 20.8 Å². The number of amides is 1. The Balaban J connectivity index is 4.76. The molecule has 0 bridgehead atoms. The molecule has 0 saturated heterocycles. The Kier molecular flexibility index (Phi) is 4.30. The number of sulfone groups is 1. The first-order valence-electron chi connectivity index (χ1n) is 4.76. The van der Waals surface area contributed by atoms with Crippen LogP contribution in [0, 0.1) is 0 Å². The summed E-state index contributed by atoms with van der Waals surface area (Å²) in [5.74, 6) is -2.36. The molecule has 0 aromatic heterocycles. The lowest BCUT2D eigenvalue weighted by atomic mass is 10.1. The van der Waals surface area contributed by atoms with Gasteiger partial charge in [-0.05, 0) is 20.8 Å². The molecule has 7 nitrogen and oxygen atoms in total. The molecule has 0 rings (SSSR count). The highest BCUT2D eigenvalue weighted by atomic mass is 32.2. The second-order valence-corrected chi connectivity index (χ2v) is 7.11. The van der Waals surface area contributed by atoms with Crippen molar-refractivity contribution >= 4 is 21.7 Å².